The van der Waals surface area contributed by atoms with Gasteiger partial charge in [-0.1, -0.05) is 12.1 Å². The molecule has 0 fully saturated rings. The number of fused-ring (bicyclic) bond motifs is 1. The third-order valence-corrected chi connectivity index (χ3v) is 3.55. The molecule has 1 heterocycles. The van der Waals surface area contributed by atoms with Crippen LogP contribution in [0.25, 0.3) is 10.1 Å². The lowest BCUT2D eigenvalue weighted by Crippen LogP contribution is -1.96. The van der Waals surface area contributed by atoms with Gasteiger partial charge >= 0.3 is 5.97 Å². The van der Waals surface area contributed by atoms with Crippen LogP contribution in [0.2, 0.25) is 0 Å². The summed E-state index contributed by atoms with van der Waals surface area (Å²) in [5.41, 5.74) is 1.04. The molecule has 2 aromatic rings. The summed E-state index contributed by atoms with van der Waals surface area (Å²) >= 11 is 7.24. The minimum absolute atomic E-state index is 0.295. The molecule has 0 N–H and O–H groups in total. The Morgan fingerprint density at radius 3 is 3.00 bits per heavy atom. The van der Waals surface area contributed by atoms with Crippen molar-refractivity contribution in [2.75, 3.05) is 7.11 Å². The maximum Gasteiger partial charge on any atom is 0.348 e. The summed E-state index contributed by atoms with van der Waals surface area (Å²) in [5, 5.41) is 1.04. The SMILES string of the molecule is COC(=O)c1cc2c(CCl)cccc2s1. The Labute approximate surface area is 96.4 Å². The molecule has 0 aliphatic heterocycles. The summed E-state index contributed by atoms with van der Waals surface area (Å²) in [4.78, 5) is 12.0. The first-order valence-corrected chi connectivity index (χ1v) is 5.77. The number of ether oxygens (including phenoxy) is 1. The van der Waals surface area contributed by atoms with Gasteiger partial charge in [-0.25, -0.2) is 4.79 Å². The first kappa shape index (κ1) is 10.5. The van der Waals surface area contributed by atoms with Crippen molar-refractivity contribution in [3.63, 3.8) is 0 Å². The van der Waals surface area contributed by atoms with Crippen molar-refractivity contribution >= 4 is 39.0 Å². The van der Waals surface area contributed by atoms with Gasteiger partial charge in [-0.3, -0.25) is 0 Å². The molecule has 0 unspecified atom stereocenters. The van der Waals surface area contributed by atoms with Crippen LogP contribution in [-0.4, -0.2) is 13.1 Å². The quantitative estimate of drug-likeness (QED) is 0.594. The summed E-state index contributed by atoms with van der Waals surface area (Å²) in [7, 11) is 1.38. The van der Waals surface area contributed by atoms with Gasteiger partial charge in [0.2, 0.25) is 0 Å². The lowest BCUT2D eigenvalue weighted by atomic mass is 10.1. The van der Waals surface area contributed by atoms with Crippen LogP contribution in [0.4, 0.5) is 0 Å². The zero-order chi connectivity index (χ0) is 10.8. The number of hydrogen-bond donors (Lipinski definition) is 0. The van der Waals surface area contributed by atoms with Gasteiger partial charge in [-0.15, -0.1) is 22.9 Å². The van der Waals surface area contributed by atoms with E-state index < -0.39 is 0 Å². The number of carbonyl (C=O) groups is 1. The van der Waals surface area contributed by atoms with E-state index in [4.69, 9.17) is 11.6 Å². The fraction of sp³-hybridized carbons (Fsp3) is 0.182. The van der Waals surface area contributed by atoms with Gasteiger partial charge in [-0.05, 0) is 23.1 Å². The predicted octanol–water partition coefficient (Wildman–Crippen LogP) is 3.43. The molecule has 2 rings (SSSR count). The lowest BCUT2D eigenvalue weighted by molar-refractivity contribution is 0.0606. The largest absolute Gasteiger partial charge is 0.465 e. The fourth-order valence-electron chi connectivity index (χ4n) is 1.44. The van der Waals surface area contributed by atoms with Gasteiger partial charge in [0.25, 0.3) is 0 Å². The zero-order valence-corrected chi connectivity index (χ0v) is 9.69. The van der Waals surface area contributed by atoms with E-state index in [0.717, 1.165) is 15.6 Å². The van der Waals surface area contributed by atoms with Crippen molar-refractivity contribution < 1.29 is 9.53 Å². The maximum absolute atomic E-state index is 11.3. The fourth-order valence-corrected chi connectivity index (χ4v) is 2.70. The van der Waals surface area contributed by atoms with Gasteiger partial charge in [0.05, 0.1) is 7.11 Å². The van der Waals surface area contributed by atoms with E-state index in [1.807, 2.05) is 24.3 Å². The standard InChI is InChI=1S/C11H9ClO2S/c1-14-11(13)10-5-8-7(6-12)3-2-4-9(8)15-10/h2-5H,6H2,1H3. The molecule has 0 saturated carbocycles. The molecule has 0 bridgehead atoms. The minimum Gasteiger partial charge on any atom is -0.465 e. The second-order valence-corrected chi connectivity index (χ2v) is 4.42. The van der Waals surface area contributed by atoms with Crippen molar-refractivity contribution in [3.8, 4) is 0 Å². The van der Waals surface area contributed by atoms with E-state index in [-0.39, 0.29) is 5.97 Å². The number of hydrogen-bond acceptors (Lipinski definition) is 3. The number of rotatable bonds is 2. The van der Waals surface area contributed by atoms with E-state index in [0.29, 0.717) is 10.8 Å². The summed E-state index contributed by atoms with van der Waals surface area (Å²) in [6.45, 7) is 0. The van der Waals surface area contributed by atoms with Crippen molar-refractivity contribution in [2.24, 2.45) is 0 Å². The molecule has 0 radical (unpaired) electrons. The number of thiophene rings is 1. The Balaban J connectivity index is 2.60. The third kappa shape index (κ3) is 1.85. The van der Waals surface area contributed by atoms with Crippen LogP contribution in [0.1, 0.15) is 15.2 Å². The summed E-state index contributed by atoms with van der Waals surface area (Å²) in [5.74, 6) is 0.158. The molecule has 0 spiro atoms. The highest BCUT2D eigenvalue weighted by Gasteiger charge is 2.11. The Morgan fingerprint density at radius 2 is 2.33 bits per heavy atom. The topological polar surface area (TPSA) is 26.3 Å². The molecule has 0 atom stereocenters. The number of halogens is 1. The van der Waals surface area contributed by atoms with Crippen LogP contribution in [0.5, 0.6) is 0 Å². The van der Waals surface area contributed by atoms with Gasteiger partial charge < -0.3 is 4.74 Å². The Kier molecular flexibility index (Phi) is 2.93. The van der Waals surface area contributed by atoms with E-state index in [1.54, 1.807) is 0 Å². The number of esters is 1. The molecule has 0 amide bonds. The van der Waals surface area contributed by atoms with Crippen molar-refractivity contribution in [2.45, 2.75) is 5.88 Å². The lowest BCUT2D eigenvalue weighted by Gasteiger charge is -1.95. The molecular weight excluding hydrogens is 232 g/mol. The highest BCUT2D eigenvalue weighted by Crippen LogP contribution is 2.29. The Morgan fingerprint density at radius 1 is 1.53 bits per heavy atom. The van der Waals surface area contributed by atoms with E-state index in [2.05, 4.69) is 4.74 Å². The third-order valence-electron chi connectivity index (χ3n) is 2.18. The van der Waals surface area contributed by atoms with Gasteiger partial charge in [0, 0.05) is 10.6 Å². The second kappa shape index (κ2) is 4.21. The summed E-state index contributed by atoms with van der Waals surface area (Å²) in [6, 6.07) is 7.72. The van der Waals surface area contributed by atoms with E-state index in [1.165, 1.54) is 18.4 Å². The average molecular weight is 241 g/mol. The Bertz CT molecular complexity index is 504. The average Bonchev–Trinajstić information content (AvgIpc) is 2.71. The molecule has 1 aromatic carbocycles. The summed E-state index contributed by atoms with van der Waals surface area (Å²) in [6.07, 6.45) is 0. The molecule has 4 heteroatoms. The molecule has 0 aliphatic rings. The molecule has 0 aliphatic carbocycles. The van der Waals surface area contributed by atoms with Gasteiger partial charge in [0.1, 0.15) is 4.88 Å². The zero-order valence-electron chi connectivity index (χ0n) is 8.12. The van der Waals surface area contributed by atoms with E-state index in [9.17, 15) is 4.79 Å². The second-order valence-electron chi connectivity index (χ2n) is 3.06. The first-order valence-electron chi connectivity index (χ1n) is 4.42. The molecule has 15 heavy (non-hydrogen) atoms. The number of benzene rings is 1. The van der Waals surface area contributed by atoms with Gasteiger partial charge in [-0.2, -0.15) is 0 Å². The highest BCUT2D eigenvalue weighted by atomic mass is 35.5. The van der Waals surface area contributed by atoms with Crippen LogP contribution in [-0.2, 0) is 10.6 Å². The number of methoxy groups -OCH3 is 1. The monoisotopic (exact) mass is 240 g/mol. The first-order chi connectivity index (χ1) is 7.26. The van der Waals surface area contributed by atoms with Crippen molar-refractivity contribution in [3.05, 3.63) is 34.7 Å². The molecule has 1 aromatic heterocycles. The molecular formula is C11H9ClO2S. The van der Waals surface area contributed by atoms with Crippen molar-refractivity contribution in [1.82, 2.24) is 0 Å². The van der Waals surface area contributed by atoms with Crippen LogP contribution >= 0.6 is 22.9 Å². The Hall–Kier alpha value is -1.06. The number of carbonyl (C=O) groups excluding carboxylic acids is 1. The normalized spacial score (nSPS) is 10.5. The van der Waals surface area contributed by atoms with Gasteiger partial charge in [0.15, 0.2) is 0 Å². The predicted molar refractivity (Wildman–Crippen MR) is 62.7 cm³/mol. The smallest absolute Gasteiger partial charge is 0.348 e. The summed E-state index contributed by atoms with van der Waals surface area (Å²) < 4.78 is 5.74. The molecule has 78 valence electrons. The van der Waals surface area contributed by atoms with Crippen LogP contribution in [0.3, 0.4) is 0 Å². The van der Waals surface area contributed by atoms with Crippen LogP contribution in [0.15, 0.2) is 24.3 Å². The molecule has 2 nitrogen and oxygen atoms in total. The molecule has 0 saturated heterocycles. The number of alkyl halides is 1. The highest BCUT2D eigenvalue weighted by molar-refractivity contribution is 7.20. The van der Waals surface area contributed by atoms with Crippen molar-refractivity contribution in [1.29, 1.82) is 0 Å². The van der Waals surface area contributed by atoms with Crippen LogP contribution in [0, 0.1) is 0 Å². The minimum atomic E-state index is -0.295. The van der Waals surface area contributed by atoms with Crippen LogP contribution < -0.4 is 0 Å². The van der Waals surface area contributed by atoms with E-state index >= 15 is 0 Å². The maximum atomic E-state index is 11.3.